The fraction of sp³-hybridized carbons (Fsp3) is 1.00. The van der Waals surface area contributed by atoms with Crippen molar-refractivity contribution >= 4 is 0 Å². The molecule has 1 saturated heterocycles. The standard InChI is InChI=1S/C11H23NO2/c1-4-11(3,13)9-12-6-5-7-14-10(2)8-12/h10,13H,4-9H2,1-3H3. The molecule has 0 aromatic rings. The molecule has 0 aromatic heterocycles. The van der Waals surface area contributed by atoms with Crippen molar-refractivity contribution < 1.29 is 9.84 Å². The molecule has 0 saturated carbocycles. The first-order valence-corrected chi connectivity index (χ1v) is 5.60. The first kappa shape index (κ1) is 12.0. The van der Waals surface area contributed by atoms with E-state index >= 15 is 0 Å². The molecule has 1 N–H and O–H groups in total. The molecule has 14 heavy (non-hydrogen) atoms. The maximum absolute atomic E-state index is 9.97. The average Bonchev–Trinajstić information content (AvgIpc) is 2.29. The van der Waals surface area contributed by atoms with Crippen LogP contribution in [0.15, 0.2) is 0 Å². The van der Waals surface area contributed by atoms with Gasteiger partial charge in [-0.15, -0.1) is 0 Å². The van der Waals surface area contributed by atoms with Crippen molar-refractivity contribution in [2.24, 2.45) is 0 Å². The van der Waals surface area contributed by atoms with Crippen LogP contribution in [-0.4, -0.2) is 48.0 Å². The SMILES string of the molecule is CCC(C)(O)CN1CCCOC(C)C1. The second-order valence-corrected chi connectivity index (χ2v) is 4.62. The Morgan fingerprint density at radius 2 is 2.29 bits per heavy atom. The smallest absolute Gasteiger partial charge is 0.0743 e. The summed E-state index contributed by atoms with van der Waals surface area (Å²) < 4.78 is 5.56. The van der Waals surface area contributed by atoms with Crippen LogP contribution in [0.3, 0.4) is 0 Å². The Hall–Kier alpha value is -0.120. The molecule has 3 heteroatoms. The fourth-order valence-electron chi connectivity index (χ4n) is 1.82. The zero-order valence-corrected chi connectivity index (χ0v) is 9.62. The van der Waals surface area contributed by atoms with Crippen LogP contribution < -0.4 is 0 Å². The van der Waals surface area contributed by atoms with E-state index in [-0.39, 0.29) is 0 Å². The van der Waals surface area contributed by atoms with Gasteiger partial charge in [-0.2, -0.15) is 0 Å². The molecule has 1 aliphatic heterocycles. The van der Waals surface area contributed by atoms with E-state index in [4.69, 9.17) is 4.74 Å². The van der Waals surface area contributed by atoms with Crippen molar-refractivity contribution in [2.45, 2.75) is 45.3 Å². The van der Waals surface area contributed by atoms with Gasteiger partial charge in [0.25, 0.3) is 0 Å². The first-order valence-electron chi connectivity index (χ1n) is 5.60. The zero-order valence-electron chi connectivity index (χ0n) is 9.62. The Morgan fingerprint density at radius 3 is 2.93 bits per heavy atom. The van der Waals surface area contributed by atoms with Crippen LogP contribution in [0, 0.1) is 0 Å². The van der Waals surface area contributed by atoms with Crippen molar-refractivity contribution in [1.82, 2.24) is 4.90 Å². The van der Waals surface area contributed by atoms with Gasteiger partial charge in [0.05, 0.1) is 11.7 Å². The number of β-amino-alcohol motifs (C(OH)–C–C–N with tert-alkyl or cyclic N) is 1. The van der Waals surface area contributed by atoms with Crippen molar-refractivity contribution in [3.63, 3.8) is 0 Å². The maximum atomic E-state index is 9.97. The largest absolute Gasteiger partial charge is 0.389 e. The molecular formula is C11H23NO2. The summed E-state index contributed by atoms with van der Waals surface area (Å²) in [6.07, 6.45) is 2.17. The summed E-state index contributed by atoms with van der Waals surface area (Å²) in [5.74, 6) is 0. The number of rotatable bonds is 3. The second-order valence-electron chi connectivity index (χ2n) is 4.62. The fourth-order valence-corrected chi connectivity index (χ4v) is 1.82. The van der Waals surface area contributed by atoms with E-state index < -0.39 is 5.60 Å². The molecule has 2 unspecified atom stereocenters. The average molecular weight is 201 g/mol. The summed E-state index contributed by atoms with van der Waals surface area (Å²) in [4.78, 5) is 2.31. The highest BCUT2D eigenvalue weighted by atomic mass is 16.5. The summed E-state index contributed by atoms with van der Waals surface area (Å²) in [5, 5.41) is 9.97. The summed E-state index contributed by atoms with van der Waals surface area (Å²) >= 11 is 0. The predicted molar refractivity (Wildman–Crippen MR) is 57.4 cm³/mol. The van der Waals surface area contributed by atoms with Gasteiger partial charge in [0.15, 0.2) is 0 Å². The minimum atomic E-state index is -0.552. The Labute approximate surface area is 87.1 Å². The lowest BCUT2D eigenvalue weighted by molar-refractivity contribution is 0.00696. The minimum absolute atomic E-state index is 0.296. The number of hydrogen-bond donors (Lipinski definition) is 1. The highest BCUT2D eigenvalue weighted by Gasteiger charge is 2.24. The number of nitrogens with zero attached hydrogens (tertiary/aromatic N) is 1. The lowest BCUT2D eigenvalue weighted by Crippen LogP contribution is -2.42. The third-order valence-corrected chi connectivity index (χ3v) is 2.86. The minimum Gasteiger partial charge on any atom is -0.389 e. The van der Waals surface area contributed by atoms with Crippen LogP contribution in [0.2, 0.25) is 0 Å². The van der Waals surface area contributed by atoms with Crippen molar-refractivity contribution in [1.29, 1.82) is 0 Å². The molecule has 1 fully saturated rings. The van der Waals surface area contributed by atoms with Gasteiger partial charge in [-0.05, 0) is 26.7 Å². The van der Waals surface area contributed by atoms with Gasteiger partial charge in [0.1, 0.15) is 0 Å². The van der Waals surface area contributed by atoms with E-state index in [2.05, 4.69) is 11.8 Å². The van der Waals surface area contributed by atoms with Crippen molar-refractivity contribution in [3.8, 4) is 0 Å². The molecule has 2 atom stereocenters. The molecule has 0 aliphatic carbocycles. The van der Waals surface area contributed by atoms with Crippen LogP contribution in [0.1, 0.15) is 33.6 Å². The maximum Gasteiger partial charge on any atom is 0.0743 e. The van der Waals surface area contributed by atoms with E-state index in [1.165, 1.54) is 0 Å². The third-order valence-electron chi connectivity index (χ3n) is 2.86. The van der Waals surface area contributed by atoms with E-state index in [1.54, 1.807) is 0 Å². The molecular weight excluding hydrogens is 178 g/mol. The Morgan fingerprint density at radius 1 is 1.57 bits per heavy atom. The first-order chi connectivity index (χ1) is 6.53. The zero-order chi connectivity index (χ0) is 10.6. The molecule has 1 aliphatic rings. The van der Waals surface area contributed by atoms with Gasteiger partial charge in [0.2, 0.25) is 0 Å². The molecule has 1 rings (SSSR count). The lowest BCUT2D eigenvalue weighted by Gasteiger charge is -2.30. The lowest BCUT2D eigenvalue weighted by atomic mass is 10.0. The van der Waals surface area contributed by atoms with Gasteiger partial charge in [0, 0.05) is 26.2 Å². The Kier molecular flexibility index (Phi) is 4.35. The van der Waals surface area contributed by atoms with E-state index in [0.29, 0.717) is 6.10 Å². The van der Waals surface area contributed by atoms with Crippen LogP contribution in [-0.2, 0) is 4.74 Å². The van der Waals surface area contributed by atoms with Crippen molar-refractivity contribution in [3.05, 3.63) is 0 Å². The monoisotopic (exact) mass is 201 g/mol. The summed E-state index contributed by atoms with van der Waals surface area (Å²) in [6.45, 7) is 9.62. The van der Waals surface area contributed by atoms with Gasteiger partial charge in [-0.1, -0.05) is 6.92 Å². The molecule has 0 bridgehead atoms. The normalized spacial score (nSPS) is 29.6. The van der Waals surface area contributed by atoms with Gasteiger partial charge >= 0.3 is 0 Å². The van der Waals surface area contributed by atoms with Crippen LogP contribution in [0.25, 0.3) is 0 Å². The topological polar surface area (TPSA) is 32.7 Å². The molecule has 3 nitrogen and oxygen atoms in total. The third kappa shape index (κ3) is 3.95. The van der Waals surface area contributed by atoms with Crippen LogP contribution in [0.5, 0.6) is 0 Å². The molecule has 0 spiro atoms. The molecule has 84 valence electrons. The number of ether oxygens (including phenoxy) is 1. The van der Waals surface area contributed by atoms with E-state index in [0.717, 1.165) is 39.1 Å². The number of aliphatic hydroxyl groups is 1. The van der Waals surface area contributed by atoms with E-state index in [9.17, 15) is 5.11 Å². The highest BCUT2D eigenvalue weighted by Crippen LogP contribution is 2.13. The van der Waals surface area contributed by atoms with Crippen LogP contribution in [0.4, 0.5) is 0 Å². The van der Waals surface area contributed by atoms with Gasteiger partial charge in [-0.25, -0.2) is 0 Å². The number of hydrogen-bond acceptors (Lipinski definition) is 3. The summed E-state index contributed by atoms with van der Waals surface area (Å²) in [5.41, 5.74) is -0.552. The molecule has 0 amide bonds. The Balaban J connectivity index is 2.42. The molecule has 0 aromatic carbocycles. The summed E-state index contributed by atoms with van der Waals surface area (Å²) in [6, 6.07) is 0. The van der Waals surface area contributed by atoms with E-state index in [1.807, 2.05) is 13.8 Å². The highest BCUT2D eigenvalue weighted by molar-refractivity contribution is 4.78. The van der Waals surface area contributed by atoms with Gasteiger partial charge in [-0.3, -0.25) is 4.90 Å². The Bertz CT molecular complexity index is 171. The second kappa shape index (κ2) is 5.10. The van der Waals surface area contributed by atoms with Crippen molar-refractivity contribution in [2.75, 3.05) is 26.2 Å². The van der Waals surface area contributed by atoms with Gasteiger partial charge < -0.3 is 9.84 Å². The molecule has 0 radical (unpaired) electrons. The van der Waals surface area contributed by atoms with Crippen LogP contribution >= 0.6 is 0 Å². The molecule has 1 heterocycles. The summed E-state index contributed by atoms with van der Waals surface area (Å²) in [7, 11) is 0. The predicted octanol–water partition coefficient (Wildman–Crippen LogP) is 1.26. The quantitative estimate of drug-likeness (QED) is 0.746.